The summed E-state index contributed by atoms with van der Waals surface area (Å²) in [6.45, 7) is 4.24. The van der Waals surface area contributed by atoms with Crippen molar-refractivity contribution >= 4 is 22.6 Å². The Hall–Kier alpha value is -0.760. The minimum Gasteiger partial charge on any atom is -0.398 e. The van der Waals surface area contributed by atoms with Crippen LogP contribution in [0.2, 0.25) is 0 Å². The highest BCUT2D eigenvalue weighted by molar-refractivity contribution is 7.11. The van der Waals surface area contributed by atoms with E-state index in [-0.39, 0.29) is 0 Å². The Morgan fingerprint density at radius 1 is 1.73 bits per heavy atom. The van der Waals surface area contributed by atoms with Crippen molar-refractivity contribution in [2.45, 2.75) is 20.3 Å². The number of thiophene rings is 1. The van der Waals surface area contributed by atoms with Crippen molar-refractivity contribution < 1.29 is 0 Å². The lowest BCUT2D eigenvalue weighted by molar-refractivity contribution is 1.22. The van der Waals surface area contributed by atoms with Crippen LogP contribution in [-0.4, -0.2) is 0 Å². The molecule has 0 bridgehead atoms. The predicted octanol–water partition coefficient (Wildman–Crippen LogP) is 3.14. The average molecular weight is 167 g/mol. The summed E-state index contributed by atoms with van der Waals surface area (Å²) < 4.78 is 0. The Labute approximate surface area is 71.5 Å². The van der Waals surface area contributed by atoms with E-state index in [1.807, 2.05) is 11.4 Å². The molecule has 1 rings (SSSR count). The minimum atomic E-state index is 0.900. The maximum absolute atomic E-state index is 5.74. The molecule has 2 N–H and O–H groups in total. The molecule has 0 unspecified atom stereocenters. The van der Waals surface area contributed by atoms with Crippen LogP contribution in [0, 0.1) is 0 Å². The van der Waals surface area contributed by atoms with Crippen LogP contribution in [0.4, 0.5) is 5.69 Å². The molecule has 0 radical (unpaired) electrons. The van der Waals surface area contributed by atoms with Gasteiger partial charge in [-0.25, -0.2) is 0 Å². The standard InChI is InChI=1S/C9H13NS/c1-3-4-7(2)9-8(10)5-6-11-9/h4-6H,3,10H2,1-2H3. The molecule has 2 heteroatoms. The second kappa shape index (κ2) is 3.58. The van der Waals surface area contributed by atoms with Crippen LogP contribution in [0.1, 0.15) is 25.1 Å². The normalized spacial score (nSPS) is 12.0. The number of nitrogens with two attached hydrogens (primary N) is 1. The van der Waals surface area contributed by atoms with Crippen LogP contribution in [0.25, 0.3) is 5.57 Å². The van der Waals surface area contributed by atoms with Crippen molar-refractivity contribution in [1.82, 2.24) is 0 Å². The lowest BCUT2D eigenvalue weighted by Gasteiger charge is -1.97. The number of allylic oxidation sites excluding steroid dienone is 2. The summed E-state index contributed by atoms with van der Waals surface area (Å²) in [7, 11) is 0. The summed E-state index contributed by atoms with van der Waals surface area (Å²) >= 11 is 1.70. The van der Waals surface area contributed by atoms with Crippen molar-refractivity contribution in [2.75, 3.05) is 5.73 Å². The molecule has 1 nitrogen and oxygen atoms in total. The summed E-state index contributed by atoms with van der Waals surface area (Å²) in [5.74, 6) is 0. The van der Waals surface area contributed by atoms with Gasteiger partial charge in [-0.1, -0.05) is 13.0 Å². The molecule has 0 saturated heterocycles. The van der Waals surface area contributed by atoms with Crippen molar-refractivity contribution in [3.63, 3.8) is 0 Å². The molecule has 0 spiro atoms. The Morgan fingerprint density at radius 3 is 2.91 bits per heavy atom. The van der Waals surface area contributed by atoms with Crippen molar-refractivity contribution in [3.8, 4) is 0 Å². The summed E-state index contributed by atoms with van der Waals surface area (Å²) in [5.41, 5.74) is 7.93. The highest BCUT2D eigenvalue weighted by Crippen LogP contribution is 2.26. The Morgan fingerprint density at radius 2 is 2.45 bits per heavy atom. The van der Waals surface area contributed by atoms with E-state index in [4.69, 9.17) is 5.73 Å². The fraction of sp³-hybridized carbons (Fsp3) is 0.333. The summed E-state index contributed by atoms with van der Waals surface area (Å²) in [4.78, 5) is 1.21. The zero-order valence-electron chi connectivity index (χ0n) is 6.92. The lowest BCUT2D eigenvalue weighted by atomic mass is 10.2. The maximum atomic E-state index is 5.74. The van der Waals surface area contributed by atoms with Gasteiger partial charge >= 0.3 is 0 Å². The number of rotatable bonds is 2. The van der Waals surface area contributed by atoms with Crippen molar-refractivity contribution in [3.05, 3.63) is 22.4 Å². The van der Waals surface area contributed by atoms with E-state index in [9.17, 15) is 0 Å². The SMILES string of the molecule is CCC=C(C)c1sccc1N. The molecule has 0 aliphatic carbocycles. The lowest BCUT2D eigenvalue weighted by Crippen LogP contribution is -1.84. The van der Waals surface area contributed by atoms with Crippen LogP contribution in [0.15, 0.2) is 17.5 Å². The number of hydrogen-bond acceptors (Lipinski definition) is 2. The van der Waals surface area contributed by atoms with E-state index in [2.05, 4.69) is 19.9 Å². The second-order valence-electron chi connectivity index (χ2n) is 2.50. The topological polar surface area (TPSA) is 26.0 Å². The first kappa shape index (κ1) is 8.34. The zero-order chi connectivity index (χ0) is 8.27. The molecular weight excluding hydrogens is 154 g/mol. The van der Waals surface area contributed by atoms with Crippen LogP contribution in [0.3, 0.4) is 0 Å². The van der Waals surface area contributed by atoms with Gasteiger partial charge in [0, 0.05) is 5.69 Å². The smallest absolute Gasteiger partial charge is 0.0525 e. The van der Waals surface area contributed by atoms with Crippen LogP contribution < -0.4 is 5.73 Å². The third kappa shape index (κ3) is 1.84. The zero-order valence-corrected chi connectivity index (χ0v) is 7.74. The van der Waals surface area contributed by atoms with Gasteiger partial charge in [0.1, 0.15) is 0 Å². The summed E-state index contributed by atoms with van der Waals surface area (Å²) in [6, 6.07) is 1.95. The van der Waals surface area contributed by atoms with Gasteiger partial charge in [0.2, 0.25) is 0 Å². The summed E-state index contributed by atoms with van der Waals surface area (Å²) in [5, 5.41) is 2.03. The first-order valence-corrected chi connectivity index (χ1v) is 4.63. The Bertz CT molecular complexity index is 260. The van der Waals surface area contributed by atoms with E-state index in [1.54, 1.807) is 11.3 Å². The fourth-order valence-electron chi connectivity index (χ4n) is 1.04. The average Bonchev–Trinajstić information content (AvgIpc) is 2.36. The highest BCUT2D eigenvalue weighted by Gasteiger charge is 2.00. The molecule has 0 aliphatic rings. The van der Waals surface area contributed by atoms with Crippen molar-refractivity contribution in [2.24, 2.45) is 0 Å². The molecule has 60 valence electrons. The first-order valence-electron chi connectivity index (χ1n) is 3.75. The fourth-order valence-corrected chi connectivity index (χ4v) is 1.86. The van der Waals surface area contributed by atoms with Gasteiger partial charge in [-0.2, -0.15) is 0 Å². The maximum Gasteiger partial charge on any atom is 0.0525 e. The first-order chi connectivity index (χ1) is 5.25. The molecule has 0 amide bonds. The predicted molar refractivity (Wildman–Crippen MR) is 52.7 cm³/mol. The molecule has 1 heterocycles. The van der Waals surface area contributed by atoms with Crippen LogP contribution in [-0.2, 0) is 0 Å². The summed E-state index contributed by atoms with van der Waals surface area (Å²) in [6.07, 6.45) is 3.27. The third-order valence-corrected chi connectivity index (χ3v) is 2.63. The largest absolute Gasteiger partial charge is 0.398 e. The van der Waals surface area contributed by atoms with E-state index < -0.39 is 0 Å². The van der Waals surface area contributed by atoms with Crippen LogP contribution in [0.5, 0.6) is 0 Å². The molecule has 0 fully saturated rings. The van der Waals surface area contributed by atoms with Gasteiger partial charge in [0.15, 0.2) is 0 Å². The molecule has 1 aromatic heterocycles. The molecule has 11 heavy (non-hydrogen) atoms. The number of nitrogen functional groups attached to an aromatic ring is 1. The van der Waals surface area contributed by atoms with Gasteiger partial charge in [0.05, 0.1) is 4.88 Å². The van der Waals surface area contributed by atoms with E-state index in [0.717, 1.165) is 12.1 Å². The molecule has 0 aromatic carbocycles. The van der Waals surface area contributed by atoms with Gasteiger partial charge < -0.3 is 5.73 Å². The van der Waals surface area contributed by atoms with E-state index in [1.165, 1.54) is 10.5 Å². The Kier molecular flexibility index (Phi) is 2.71. The van der Waals surface area contributed by atoms with Gasteiger partial charge in [0.25, 0.3) is 0 Å². The third-order valence-electron chi connectivity index (χ3n) is 1.56. The van der Waals surface area contributed by atoms with Gasteiger partial charge in [-0.3, -0.25) is 0 Å². The second-order valence-corrected chi connectivity index (χ2v) is 3.42. The van der Waals surface area contributed by atoms with E-state index in [0.29, 0.717) is 0 Å². The minimum absolute atomic E-state index is 0.900. The molecule has 0 aliphatic heterocycles. The molecule has 0 saturated carbocycles. The Balaban J connectivity index is 2.92. The van der Waals surface area contributed by atoms with Crippen molar-refractivity contribution in [1.29, 1.82) is 0 Å². The number of anilines is 1. The van der Waals surface area contributed by atoms with Gasteiger partial charge in [-0.05, 0) is 30.4 Å². The monoisotopic (exact) mass is 167 g/mol. The molecule has 1 aromatic rings. The van der Waals surface area contributed by atoms with Gasteiger partial charge in [-0.15, -0.1) is 11.3 Å². The number of hydrogen-bond donors (Lipinski definition) is 1. The molecular formula is C9H13NS. The van der Waals surface area contributed by atoms with E-state index >= 15 is 0 Å². The van der Waals surface area contributed by atoms with Crippen LogP contribution >= 0.6 is 11.3 Å². The molecule has 0 atom stereocenters. The quantitative estimate of drug-likeness (QED) is 0.719. The highest BCUT2D eigenvalue weighted by atomic mass is 32.1.